The smallest absolute Gasteiger partial charge is 0.265 e. The second-order valence-corrected chi connectivity index (χ2v) is 8.54. The normalized spacial score (nSPS) is 24.0. The molecule has 5 nitrogen and oxygen atoms in total. The molecule has 2 aromatic carbocycles. The minimum atomic E-state index is -0.959. The van der Waals surface area contributed by atoms with Gasteiger partial charge in [0.05, 0.1) is 5.25 Å². The fourth-order valence-corrected chi connectivity index (χ4v) is 5.70. The van der Waals surface area contributed by atoms with Gasteiger partial charge in [-0.1, -0.05) is 36.4 Å². The van der Waals surface area contributed by atoms with E-state index in [1.165, 1.54) is 11.8 Å². The highest BCUT2D eigenvalue weighted by Gasteiger charge is 2.59. The van der Waals surface area contributed by atoms with Gasteiger partial charge in [0.2, 0.25) is 5.91 Å². The summed E-state index contributed by atoms with van der Waals surface area (Å²) in [4.78, 5) is 30.1. The van der Waals surface area contributed by atoms with Crippen molar-refractivity contribution in [3.63, 3.8) is 0 Å². The molecule has 0 aliphatic carbocycles. The van der Waals surface area contributed by atoms with Crippen LogP contribution < -0.4 is 5.32 Å². The first-order chi connectivity index (χ1) is 13.1. The van der Waals surface area contributed by atoms with E-state index in [1.807, 2.05) is 55.6 Å². The van der Waals surface area contributed by atoms with Crippen molar-refractivity contribution < 1.29 is 9.59 Å². The number of benzene rings is 2. The maximum Gasteiger partial charge on any atom is 0.265 e. The molecule has 1 aromatic heterocycles. The fraction of sp³-hybridized carbons (Fsp3) is 0.238. The molecule has 3 aromatic rings. The van der Waals surface area contributed by atoms with Gasteiger partial charge in [-0.15, -0.1) is 11.8 Å². The Bertz CT molecular complexity index is 1080. The van der Waals surface area contributed by atoms with Gasteiger partial charge in [0.1, 0.15) is 0 Å². The lowest BCUT2D eigenvalue weighted by Gasteiger charge is -2.32. The number of aromatic nitrogens is 1. The monoisotopic (exact) mass is 377 g/mol. The molecular weight excluding hydrogens is 358 g/mol. The first kappa shape index (κ1) is 16.4. The van der Waals surface area contributed by atoms with Crippen molar-refractivity contribution in [3.8, 4) is 0 Å². The lowest BCUT2D eigenvalue weighted by Crippen LogP contribution is -2.47. The van der Waals surface area contributed by atoms with E-state index in [9.17, 15) is 9.59 Å². The summed E-state index contributed by atoms with van der Waals surface area (Å²) in [6, 6.07) is 15.8. The molecule has 2 amide bonds. The molecule has 1 saturated heterocycles. The molecule has 2 aliphatic heterocycles. The average molecular weight is 377 g/mol. The minimum absolute atomic E-state index is 0.0201. The highest BCUT2D eigenvalue weighted by Crippen LogP contribution is 2.54. The van der Waals surface area contributed by atoms with E-state index in [0.717, 1.165) is 27.7 Å². The zero-order chi connectivity index (χ0) is 18.6. The molecule has 6 heteroatoms. The quantitative estimate of drug-likeness (QED) is 0.734. The number of fused-ring (bicyclic) bond motifs is 3. The number of thioether (sulfide) groups is 1. The third-order valence-electron chi connectivity index (χ3n) is 5.47. The third kappa shape index (κ3) is 2.26. The van der Waals surface area contributed by atoms with Crippen LogP contribution in [0.25, 0.3) is 10.9 Å². The molecular formula is C21H19N3O2S. The van der Waals surface area contributed by atoms with E-state index < -0.39 is 4.87 Å². The second kappa shape index (κ2) is 5.89. The van der Waals surface area contributed by atoms with E-state index in [2.05, 4.69) is 16.4 Å². The number of hydrogen-bond donors (Lipinski definition) is 2. The number of H-pyrrole nitrogens is 1. The Morgan fingerprint density at radius 2 is 1.89 bits per heavy atom. The second-order valence-electron chi connectivity index (χ2n) is 7.00. The summed E-state index contributed by atoms with van der Waals surface area (Å²) in [7, 11) is 0. The minimum Gasteiger partial charge on any atom is -0.361 e. The SMILES string of the molecule is C[C@@H]1S[C@]2(C(=O)Nc3ccccc32)N(CCc2c[nH]c3ccccc23)C1=O. The number of nitrogens with zero attached hydrogens (tertiary/aromatic N) is 1. The number of rotatable bonds is 3. The van der Waals surface area contributed by atoms with Crippen LogP contribution in [-0.4, -0.2) is 33.5 Å². The molecule has 2 N–H and O–H groups in total. The standard InChI is InChI=1S/C21H19N3O2S/c1-13-19(25)24(11-10-14-12-22-17-8-4-2-6-15(14)17)21(27-13)16-7-3-5-9-18(16)23-20(21)26/h2-9,12-13,22H,10-11H2,1H3,(H,23,26)/t13-,21+/m0/s1. The number of anilines is 1. The first-order valence-corrected chi connectivity index (χ1v) is 9.94. The Hall–Kier alpha value is -2.73. The third-order valence-corrected chi connectivity index (χ3v) is 6.99. The average Bonchev–Trinajstić information content (AvgIpc) is 3.29. The summed E-state index contributed by atoms with van der Waals surface area (Å²) in [6.45, 7) is 2.38. The van der Waals surface area contributed by atoms with Gasteiger partial charge in [0.15, 0.2) is 4.87 Å². The van der Waals surface area contributed by atoms with Crippen molar-refractivity contribution in [2.24, 2.45) is 0 Å². The van der Waals surface area contributed by atoms with E-state index in [1.54, 1.807) is 4.90 Å². The van der Waals surface area contributed by atoms with Crippen molar-refractivity contribution in [1.82, 2.24) is 9.88 Å². The molecule has 0 saturated carbocycles. The number of para-hydroxylation sites is 2. The molecule has 2 aliphatic rings. The Labute approximate surface area is 161 Å². The van der Waals surface area contributed by atoms with Crippen molar-refractivity contribution in [2.75, 3.05) is 11.9 Å². The number of carbonyl (C=O) groups excluding carboxylic acids is 2. The number of amides is 2. The van der Waals surface area contributed by atoms with Crippen molar-refractivity contribution in [3.05, 3.63) is 65.9 Å². The van der Waals surface area contributed by atoms with E-state index >= 15 is 0 Å². The van der Waals surface area contributed by atoms with Crippen LogP contribution >= 0.6 is 11.8 Å². The Morgan fingerprint density at radius 3 is 2.78 bits per heavy atom. The highest BCUT2D eigenvalue weighted by atomic mass is 32.2. The highest BCUT2D eigenvalue weighted by molar-refractivity contribution is 8.02. The zero-order valence-corrected chi connectivity index (χ0v) is 15.7. The molecule has 0 radical (unpaired) electrons. The number of nitrogens with one attached hydrogen (secondary N) is 2. The van der Waals surface area contributed by atoms with Gasteiger partial charge in [-0.3, -0.25) is 9.59 Å². The maximum absolute atomic E-state index is 13.0. The van der Waals surface area contributed by atoms with Crippen molar-refractivity contribution >= 4 is 40.2 Å². The molecule has 0 bridgehead atoms. The van der Waals surface area contributed by atoms with Crippen LogP contribution in [0.3, 0.4) is 0 Å². The summed E-state index contributed by atoms with van der Waals surface area (Å²) in [5.41, 5.74) is 3.93. The first-order valence-electron chi connectivity index (χ1n) is 9.06. The lowest BCUT2D eigenvalue weighted by molar-refractivity contribution is -0.137. The van der Waals surface area contributed by atoms with Gasteiger partial charge < -0.3 is 15.2 Å². The molecule has 0 unspecified atom stereocenters. The molecule has 1 fully saturated rings. The van der Waals surface area contributed by atoms with Crippen molar-refractivity contribution in [1.29, 1.82) is 0 Å². The van der Waals surface area contributed by atoms with Gasteiger partial charge >= 0.3 is 0 Å². The predicted molar refractivity (Wildman–Crippen MR) is 108 cm³/mol. The van der Waals surface area contributed by atoms with Crippen molar-refractivity contribution in [2.45, 2.75) is 23.5 Å². The van der Waals surface area contributed by atoms with E-state index in [4.69, 9.17) is 0 Å². The van der Waals surface area contributed by atoms with Crippen LogP contribution in [0.5, 0.6) is 0 Å². The summed E-state index contributed by atoms with van der Waals surface area (Å²) in [6.07, 6.45) is 2.69. The van der Waals surface area contributed by atoms with E-state index in [0.29, 0.717) is 13.0 Å². The number of hydrogen-bond acceptors (Lipinski definition) is 3. The topological polar surface area (TPSA) is 65.2 Å². The largest absolute Gasteiger partial charge is 0.361 e. The van der Waals surface area contributed by atoms with Gasteiger partial charge in [0.25, 0.3) is 5.91 Å². The maximum atomic E-state index is 13.0. The number of aromatic amines is 1. The number of carbonyl (C=O) groups is 2. The molecule has 3 heterocycles. The van der Waals surface area contributed by atoms with Gasteiger partial charge in [-0.25, -0.2) is 0 Å². The van der Waals surface area contributed by atoms with Crippen LogP contribution in [0.2, 0.25) is 0 Å². The summed E-state index contributed by atoms with van der Waals surface area (Å²) >= 11 is 1.44. The van der Waals surface area contributed by atoms with Crippen LogP contribution in [0, 0.1) is 0 Å². The Kier molecular flexibility index (Phi) is 3.59. The lowest BCUT2D eigenvalue weighted by atomic mass is 10.0. The predicted octanol–water partition coefficient (Wildman–Crippen LogP) is 3.48. The zero-order valence-electron chi connectivity index (χ0n) is 14.9. The fourth-order valence-electron chi connectivity index (χ4n) is 4.18. The van der Waals surface area contributed by atoms with Crippen LogP contribution in [0.1, 0.15) is 18.1 Å². The molecule has 2 atom stereocenters. The summed E-state index contributed by atoms with van der Waals surface area (Å²) in [5, 5.41) is 3.88. The molecule has 5 rings (SSSR count). The molecule has 1 spiro atoms. The Morgan fingerprint density at radius 1 is 1.11 bits per heavy atom. The van der Waals surface area contributed by atoms with Crippen LogP contribution in [-0.2, 0) is 20.9 Å². The van der Waals surface area contributed by atoms with Gasteiger partial charge in [-0.2, -0.15) is 0 Å². The van der Waals surface area contributed by atoms with Gasteiger partial charge in [-0.05, 0) is 31.0 Å². The van der Waals surface area contributed by atoms with E-state index in [-0.39, 0.29) is 17.1 Å². The molecule has 27 heavy (non-hydrogen) atoms. The Balaban J connectivity index is 1.52. The summed E-state index contributed by atoms with van der Waals surface area (Å²) in [5.74, 6) is -0.1000. The van der Waals surface area contributed by atoms with Crippen LogP contribution in [0.15, 0.2) is 54.7 Å². The molecule has 136 valence electrons. The summed E-state index contributed by atoms with van der Waals surface area (Å²) < 4.78 is 0. The van der Waals surface area contributed by atoms with Crippen LogP contribution in [0.4, 0.5) is 5.69 Å². The van der Waals surface area contributed by atoms with Gasteiger partial charge in [0, 0.05) is 34.9 Å².